The molecule has 1 aliphatic rings. The van der Waals surface area contributed by atoms with Crippen molar-refractivity contribution in [2.75, 3.05) is 13.6 Å². The van der Waals surface area contributed by atoms with Crippen LogP contribution in [0.5, 0.6) is 0 Å². The van der Waals surface area contributed by atoms with Crippen molar-refractivity contribution in [3.05, 3.63) is 0 Å². The summed E-state index contributed by atoms with van der Waals surface area (Å²) in [6.45, 7) is 7.69. The summed E-state index contributed by atoms with van der Waals surface area (Å²) in [6.07, 6.45) is 0.603. The molecule has 1 amide bonds. The first-order chi connectivity index (χ1) is 8.54. The zero-order valence-corrected chi connectivity index (χ0v) is 15.3. The Morgan fingerprint density at radius 3 is 2.45 bits per heavy atom. The molecule has 1 aliphatic heterocycles. The van der Waals surface area contributed by atoms with E-state index in [4.69, 9.17) is 4.74 Å². The van der Waals surface area contributed by atoms with E-state index in [0.29, 0.717) is 13.0 Å². The van der Waals surface area contributed by atoms with Gasteiger partial charge in [-0.05, 0) is 47.6 Å². The Bertz CT molecular complexity index is 376. The van der Waals surface area contributed by atoms with Crippen LogP contribution >= 0.6 is 0 Å². The normalized spacial score (nSPS) is 27.4. The van der Waals surface area contributed by atoms with E-state index in [1.165, 1.54) is 0 Å². The van der Waals surface area contributed by atoms with Gasteiger partial charge in [0.15, 0.2) is 0 Å². The number of rotatable bonds is 2. The molecule has 2 atom stereocenters. The van der Waals surface area contributed by atoms with Crippen LogP contribution in [0.4, 0.5) is 4.79 Å². The molecule has 20 heavy (non-hydrogen) atoms. The summed E-state index contributed by atoms with van der Waals surface area (Å²) in [6, 6.07) is -0.174. The second-order valence-electron chi connectivity index (χ2n) is 6.34. The summed E-state index contributed by atoms with van der Waals surface area (Å²) in [5.74, 6) is -0.870. The summed E-state index contributed by atoms with van der Waals surface area (Å²) in [5.41, 5.74) is -1.50. The number of hydrogen-bond donors (Lipinski definition) is 2. The number of amides is 1. The molecule has 0 bridgehead atoms. The molecular formula is C13H25N2NaO4. The van der Waals surface area contributed by atoms with Gasteiger partial charge in [-0.1, -0.05) is 0 Å². The fourth-order valence-electron chi connectivity index (χ4n) is 2.18. The van der Waals surface area contributed by atoms with Crippen LogP contribution in [0.1, 0.15) is 42.0 Å². The predicted molar refractivity (Wildman–Crippen MR) is 72.2 cm³/mol. The van der Waals surface area contributed by atoms with E-state index >= 15 is 0 Å². The van der Waals surface area contributed by atoms with Gasteiger partial charge in [0.2, 0.25) is 0 Å². The Balaban J connectivity index is 0. The molecule has 0 spiro atoms. The molecule has 0 aromatic carbocycles. The third-order valence-corrected chi connectivity index (χ3v) is 3.48. The van der Waals surface area contributed by atoms with Crippen LogP contribution in [0.15, 0.2) is 0 Å². The minimum atomic E-state index is -0.946. The molecule has 0 aromatic rings. The van der Waals surface area contributed by atoms with Crippen molar-refractivity contribution >= 4 is 12.1 Å². The average Bonchev–Trinajstić information content (AvgIpc) is 2.20. The summed E-state index contributed by atoms with van der Waals surface area (Å²) < 4.78 is 5.18. The van der Waals surface area contributed by atoms with Crippen LogP contribution < -0.4 is 34.9 Å². The molecule has 0 aliphatic carbocycles. The first-order valence-corrected chi connectivity index (χ1v) is 6.49. The first kappa shape index (κ1) is 19.7. The second kappa shape index (κ2) is 7.11. The summed E-state index contributed by atoms with van der Waals surface area (Å²) in [4.78, 5) is 24.9. The molecule has 1 saturated heterocycles. The molecule has 2 unspecified atom stereocenters. The summed E-state index contributed by atoms with van der Waals surface area (Å²) in [5, 5.41) is 12.1. The molecule has 1 fully saturated rings. The number of likely N-dealkylation sites (tertiary alicyclic amines) is 1. The minimum Gasteiger partial charge on any atom is -1.00 e. The van der Waals surface area contributed by atoms with Crippen molar-refractivity contribution in [3.8, 4) is 0 Å². The smallest absolute Gasteiger partial charge is 1.00 e. The Labute approximate surface area is 144 Å². The van der Waals surface area contributed by atoms with Gasteiger partial charge in [0.1, 0.15) is 11.1 Å². The van der Waals surface area contributed by atoms with E-state index in [0.717, 1.165) is 6.42 Å². The number of carboxylic acid groups (broad SMARTS) is 1. The van der Waals surface area contributed by atoms with Gasteiger partial charge in [-0.15, -0.1) is 0 Å². The number of carbonyl (C=O) groups is 2. The molecular weight excluding hydrogens is 271 g/mol. The zero-order valence-electron chi connectivity index (χ0n) is 14.3. The third-order valence-electron chi connectivity index (χ3n) is 3.48. The number of likely N-dealkylation sites (N-methyl/N-ethyl adjacent to an activating group) is 1. The van der Waals surface area contributed by atoms with Gasteiger partial charge >= 0.3 is 41.6 Å². The number of carbonyl (C=O) groups excluding carboxylic acids is 1. The zero-order chi connectivity index (χ0) is 14.8. The van der Waals surface area contributed by atoms with Crippen molar-refractivity contribution in [2.24, 2.45) is 0 Å². The van der Waals surface area contributed by atoms with Crippen LogP contribution in [0.25, 0.3) is 0 Å². The van der Waals surface area contributed by atoms with E-state index in [1.54, 1.807) is 34.7 Å². The number of piperidine rings is 1. The average molecular weight is 296 g/mol. The van der Waals surface area contributed by atoms with Crippen molar-refractivity contribution < 1.29 is 50.4 Å². The Morgan fingerprint density at radius 2 is 2.00 bits per heavy atom. The fraction of sp³-hybridized carbons (Fsp3) is 0.846. The number of aliphatic carboxylic acids is 1. The molecule has 0 saturated carbocycles. The molecule has 2 N–H and O–H groups in total. The number of alkyl carbamates (subject to hydrolysis) is 1. The van der Waals surface area contributed by atoms with Gasteiger partial charge in [0, 0.05) is 12.6 Å². The number of nitrogens with one attached hydrogen (secondary N) is 1. The van der Waals surface area contributed by atoms with E-state index in [1.807, 2.05) is 4.90 Å². The van der Waals surface area contributed by atoms with Gasteiger partial charge in [-0.25, -0.2) is 4.79 Å². The van der Waals surface area contributed by atoms with E-state index in [-0.39, 0.29) is 37.0 Å². The van der Waals surface area contributed by atoms with Crippen LogP contribution in [-0.2, 0) is 9.53 Å². The topological polar surface area (TPSA) is 78.9 Å². The molecule has 1 rings (SSSR count). The maximum absolute atomic E-state index is 11.7. The van der Waals surface area contributed by atoms with Gasteiger partial charge in [-0.3, -0.25) is 9.69 Å². The van der Waals surface area contributed by atoms with E-state index < -0.39 is 23.2 Å². The van der Waals surface area contributed by atoms with Crippen molar-refractivity contribution in [1.82, 2.24) is 10.2 Å². The predicted octanol–water partition coefficient (Wildman–Crippen LogP) is -1.43. The van der Waals surface area contributed by atoms with Crippen LogP contribution in [0.3, 0.4) is 0 Å². The summed E-state index contributed by atoms with van der Waals surface area (Å²) in [7, 11) is 1.79. The molecule has 1 heterocycles. The first-order valence-electron chi connectivity index (χ1n) is 6.49. The monoisotopic (exact) mass is 296 g/mol. The van der Waals surface area contributed by atoms with Gasteiger partial charge < -0.3 is 16.6 Å². The van der Waals surface area contributed by atoms with Gasteiger partial charge in [0.05, 0.1) is 0 Å². The van der Waals surface area contributed by atoms with Gasteiger partial charge in [0.25, 0.3) is 0 Å². The molecule has 7 heteroatoms. The third kappa shape index (κ3) is 5.24. The van der Waals surface area contributed by atoms with Gasteiger partial charge in [-0.2, -0.15) is 0 Å². The van der Waals surface area contributed by atoms with Crippen LogP contribution in [0, 0.1) is 0 Å². The Kier molecular flexibility index (Phi) is 7.01. The maximum atomic E-state index is 11.7. The van der Waals surface area contributed by atoms with Crippen molar-refractivity contribution in [1.29, 1.82) is 0 Å². The molecule has 6 nitrogen and oxygen atoms in total. The largest absolute Gasteiger partial charge is 1.00 e. The van der Waals surface area contributed by atoms with Crippen LogP contribution in [0.2, 0.25) is 0 Å². The standard InChI is InChI=1S/C13H24N2O4.Na.H/c1-12(2,3)19-11(18)14-9-6-7-15(5)13(4,8-9)10(16)17;;/h9H,6-8H2,1-5H3,(H,14,18)(H,16,17);;/q;+1;-1. The second-order valence-corrected chi connectivity index (χ2v) is 6.34. The Hall–Kier alpha value is -0.300. The number of hydrogen-bond acceptors (Lipinski definition) is 4. The molecule has 112 valence electrons. The van der Waals surface area contributed by atoms with Crippen molar-refractivity contribution in [3.63, 3.8) is 0 Å². The number of carboxylic acids is 1. The summed E-state index contributed by atoms with van der Waals surface area (Å²) >= 11 is 0. The molecule has 0 radical (unpaired) electrons. The SMILES string of the molecule is CN1CCC(NC(=O)OC(C)(C)C)CC1(C)C(=O)O.[H-].[Na+]. The van der Waals surface area contributed by atoms with Crippen LogP contribution in [-0.4, -0.2) is 52.8 Å². The van der Waals surface area contributed by atoms with E-state index in [9.17, 15) is 14.7 Å². The molecule has 0 aromatic heterocycles. The Morgan fingerprint density at radius 1 is 1.45 bits per heavy atom. The fourth-order valence-corrected chi connectivity index (χ4v) is 2.18. The number of ether oxygens (including phenoxy) is 1. The van der Waals surface area contributed by atoms with Crippen molar-refractivity contribution in [2.45, 2.75) is 57.7 Å². The van der Waals surface area contributed by atoms with E-state index in [2.05, 4.69) is 5.32 Å². The maximum Gasteiger partial charge on any atom is 1.00 e. The minimum absolute atomic E-state index is 0. The quantitative estimate of drug-likeness (QED) is 0.611. The number of nitrogens with zero attached hydrogens (tertiary/aromatic N) is 1.